The number of benzene rings is 2. The second-order valence-electron chi connectivity index (χ2n) is 31.1. The van der Waals surface area contributed by atoms with Crippen molar-refractivity contribution in [2.75, 3.05) is 64.3 Å². The molecule has 0 aliphatic carbocycles. The van der Waals surface area contributed by atoms with Gasteiger partial charge in [-0.2, -0.15) is 20.7 Å². The number of rotatable bonds is 50. The zero-order valence-corrected chi connectivity index (χ0v) is 73.7. The van der Waals surface area contributed by atoms with E-state index in [-0.39, 0.29) is 48.8 Å². The molecule has 8 aromatic rings. The van der Waals surface area contributed by atoms with Gasteiger partial charge in [0, 0.05) is 33.0 Å². The summed E-state index contributed by atoms with van der Waals surface area (Å²) < 4.78 is 103. The van der Waals surface area contributed by atoms with E-state index < -0.39 is 74.9 Å². The van der Waals surface area contributed by atoms with Crippen molar-refractivity contribution in [1.82, 2.24) is 58.3 Å². The van der Waals surface area contributed by atoms with Crippen molar-refractivity contribution in [2.24, 2.45) is 0 Å². The van der Waals surface area contributed by atoms with E-state index in [1.165, 1.54) is 214 Å². The molecule has 4 saturated heterocycles. The van der Waals surface area contributed by atoms with Crippen molar-refractivity contribution < 1.29 is 75.3 Å². The maximum absolute atomic E-state index is 14.2. The number of para-hydroxylation sites is 2. The second-order valence-corrected chi connectivity index (χ2v) is 35.5. The Bertz CT molecular complexity index is 4430. The minimum Gasteiger partial charge on any atom is -0.410 e. The van der Waals surface area contributed by atoms with E-state index in [0.717, 1.165) is 41.4 Å². The van der Waals surface area contributed by atoms with E-state index >= 15 is 0 Å². The zero-order valence-electron chi connectivity index (χ0n) is 70.4. The highest BCUT2D eigenvalue weighted by Gasteiger charge is 2.67. The number of phosphoric ester groups is 1. The number of nitrogens with zero attached hydrogens (tertiary/aromatic N) is 14. The highest BCUT2D eigenvalue weighted by atomic mass is 35.5. The van der Waals surface area contributed by atoms with E-state index in [9.17, 15) is 24.8 Å². The van der Waals surface area contributed by atoms with Crippen LogP contribution in [0.1, 0.15) is 246 Å². The van der Waals surface area contributed by atoms with Gasteiger partial charge in [-0.25, -0.2) is 38.1 Å². The molecule has 0 spiro atoms. The van der Waals surface area contributed by atoms with Crippen molar-refractivity contribution in [2.45, 2.75) is 294 Å². The first-order chi connectivity index (χ1) is 58.1. The SMILES string of the molecule is CC1(C)O[C@H]2[C@@H](O1)[C@](C#N)(c1ccc3c(N)ncnn13)O[C@@H]2CO.CCCCCCCCCCCCCCCCOCCCO.CCCCCCCCCCCCCCCCOCCCOP(=O)(OC[C@H]1O[C@@](C#N)(c2ccc3c(N)ncnn23)[C@@H]2OC(C)(C)O[C@@H]21)Oc1ccccc1Cl.O=P(Oc1ccccc1Cl)(n1cncn1)n1cncn1. The van der Waals surface area contributed by atoms with Gasteiger partial charge in [-0.1, -0.05) is 228 Å². The topological polar surface area (TPSA) is 407 Å². The van der Waals surface area contributed by atoms with Gasteiger partial charge in [-0.05, 0) is 102 Å². The van der Waals surface area contributed by atoms with Crippen LogP contribution in [0.25, 0.3) is 11.0 Å². The number of aliphatic hydroxyl groups is 2. The predicted molar refractivity (Wildman–Crippen MR) is 455 cm³/mol. The third-order valence-electron chi connectivity index (χ3n) is 20.9. The van der Waals surface area contributed by atoms with E-state index in [2.05, 4.69) is 66.3 Å². The lowest BCUT2D eigenvalue weighted by Gasteiger charge is -2.29. The summed E-state index contributed by atoms with van der Waals surface area (Å²) in [4.78, 5) is 15.5. The Balaban J connectivity index is 0.000000206. The quantitative estimate of drug-likeness (QED) is 0.0203. The van der Waals surface area contributed by atoms with Crippen LogP contribution in [0.2, 0.25) is 10.0 Å². The van der Waals surface area contributed by atoms with Gasteiger partial charge < -0.3 is 68.6 Å². The maximum atomic E-state index is 14.2. The first-order valence-corrected chi connectivity index (χ1v) is 46.4. The number of nitrogen functional groups attached to an aromatic ring is 2. The molecular weight excluding hydrogens is 1620 g/mol. The molecule has 4 aliphatic rings. The van der Waals surface area contributed by atoms with E-state index in [0.29, 0.717) is 52.9 Å². The molecule has 32 nitrogen and oxygen atoms in total. The minimum absolute atomic E-state index is 0.0457. The molecule has 4 aliphatic heterocycles. The molecule has 120 heavy (non-hydrogen) atoms. The summed E-state index contributed by atoms with van der Waals surface area (Å²) in [6.45, 7) is 13.9. The first-order valence-electron chi connectivity index (χ1n) is 42.7. The first kappa shape index (κ1) is 96.5. The number of halogens is 2. The average Bonchev–Trinajstić information content (AvgIpc) is 1.56. The van der Waals surface area contributed by atoms with Gasteiger partial charge in [-0.3, -0.25) is 9.05 Å². The van der Waals surface area contributed by atoms with Crippen molar-refractivity contribution in [3.05, 3.63) is 132 Å². The number of fused-ring (bicyclic) bond motifs is 4. The molecule has 36 heteroatoms. The number of unbranched alkanes of at least 4 members (excludes halogenated alkanes) is 26. The maximum Gasteiger partial charge on any atom is 0.530 e. The number of aliphatic hydroxyl groups excluding tert-OH is 2. The van der Waals surface area contributed by atoms with Crippen LogP contribution < -0.4 is 20.5 Å². The lowest BCUT2D eigenvalue weighted by molar-refractivity contribution is -0.204. The van der Waals surface area contributed by atoms with Gasteiger partial charge >= 0.3 is 15.5 Å². The van der Waals surface area contributed by atoms with Crippen molar-refractivity contribution in [3.8, 4) is 23.6 Å². The van der Waals surface area contributed by atoms with Crippen LogP contribution in [0, 0.1) is 22.7 Å². The highest BCUT2D eigenvalue weighted by molar-refractivity contribution is 7.55. The van der Waals surface area contributed by atoms with Crippen molar-refractivity contribution in [1.29, 1.82) is 10.5 Å². The van der Waals surface area contributed by atoms with Gasteiger partial charge in [0.25, 0.3) is 0 Å². The lowest BCUT2D eigenvalue weighted by atomic mass is 9.92. The summed E-state index contributed by atoms with van der Waals surface area (Å²) in [7, 11) is -7.96. The van der Waals surface area contributed by atoms with Gasteiger partial charge in [0.1, 0.15) is 109 Å². The smallest absolute Gasteiger partial charge is 0.410 e. The summed E-state index contributed by atoms with van der Waals surface area (Å²) in [6.07, 6.45) is 42.2. The predicted octanol–water partition coefficient (Wildman–Crippen LogP) is 17.6. The third-order valence-corrected chi connectivity index (χ3v) is 24.8. The van der Waals surface area contributed by atoms with Crippen LogP contribution in [0.4, 0.5) is 11.6 Å². The summed E-state index contributed by atoms with van der Waals surface area (Å²) in [5.74, 6) is -1.01. The average molecular weight is 1750 g/mol. The summed E-state index contributed by atoms with van der Waals surface area (Å²) in [6, 6.07) is 24.6. The molecule has 6 N–H and O–H groups in total. The molecule has 0 radical (unpaired) electrons. The Hall–Kier alpha value is -7.30. The van der Waals surface area contributed by atoms with Crippen LogP contribution in [-0.4, -0.2) is 170 Å². The minimum atomic E-state index is -4.28. The monoisotopic (exact) mass is 1740 g/mol. The Morgan fingerprint density at radius 1 is 0.467 bits per heavy atom. The molecule has 6 aromatic heterocycles. The van der Waals surface area contributed by atoms with Crippen LogP contribution in [-0.2, 0) is 67.3 Å². The van der Waals surface area contributed by atoms with Crippen LogP contribution in [0.5, 0.6) is 11.5 Å². The van der Waals surface area contributed by atoms with Gasteiger partial charge in [0.05, 0.1) is 41.3 Å². The number of hydrogen-bond acceptors (Lipinski definition) is 28. The van der Waals surface area contributed by atoms with Crippen LogP contribution in [0.3, 0.4) is 0 Å². The van der Waals surface area contributed by atoms with Gasteiger partial charge in [-0.15, -0.1) is 19.1 Å². The summed E-state index contributed by atoms with van der Waals surface area (Å²) in [5.41, 5.74) is 10.7. The third kappa shape index (κ3) is 27.3. The number of phosphoric acid groups is 1. The second kappa shape index (κ2) is 49.3. The number of hydrogen-bond donors (Lipinski definition) is 4. The van der Waals surface area contributed by atoms with Crippen LogP contribution >= 0.6 is 38.7 Å². The molecule has 10 heterocycles. The highest BCUT2D eigenvalue weighted by Crippen LogP contribution is 2.55. The normalized spacial score (nSPS) is 21.2. The number of ether oxygens (including phenoxy) is 8. The molecular formula is C84H124Cl2N16O16P2. The van der Waals surface area contributed by atoms with Gasteiger partial charge in [0.2, 0.25) is 11.2 Å². The van der Waals surface area contributed by atoms with E-state index in [1.807, 2.05) is 0 Å². The number of nitriles is 2. The number of nitrogens with two attached hydrogens (primary N) is 2. The zero-order chi connectivity index (χ0) is 85.7. The van der Waals surface area contributed by atoms with E-state index in [1.54, 1.807) is 100 Å². The molecule has 12 rings (SSSR count). The molecule has 9 atom stereocenters. The van der Waals surface area contributed by atoms with Crippen molar-refractivity contribution >= 4 is 61.4 Å². The molecule has 660 valence electrons. The molecule has 4 fully saturated rings. The fourth-order valence-electron chi connectivity index (χ4n) is 14.8. The Kier molecular flexibility index (Phi) is 39.6. The fraction of sp³-hybridized carbons (Fsp3) is 0.643. The Labute approximate surface area is 715 Å². The summed E-state index contributed by atoms with van der Waals surface area (Å²) in [5, 5.41) is 55.7. The molecule has 1 unspecified atom stereocenters. The summed E-state index contributed by atoms with van der Waals surface area (Å²) >= 11 is 12.4. The Morgan fingerprint density at radius 3 is 1.26 bits per heavy atom. The van der Waals surface area contributed by atoms with Crippen molar-refractivity contribution in [3.63, 3.8) is 0 Å². The van der Waals surface area contributed by atoms with Crippen LogP contribution in [0.15, 0.2) is 111 Å². The molecule has 0 amide bonds. The van der Waals surface area contributed by atoms with E-state index in [4.69, 9.17) is 95.8 Å². The molecule has 0 bridgehead atoms. The number of aromatic nitrogens is 12. The Morgan fingerprint density at radius 2 is 0.858 bits per heavy atom. The number of anilines is 2. The molecule has 0 saturated carbocycles. The molecule has 2 aromatic carbocycles. The van der Waals surface area contributed by atoms with Gasteiger partial charge in [0.15, 0.2) is 23.2 Å². The lowest BCUT2D eigenvalue weighted by Crippen LogP contribution is -2.40. The fourth-order valence-corrected chi connectivity index (χ4v) is 18.1. The standard InChI is InChI=1S/C40H59ClN5O8P.C19H40O2.C15H17N5O4.C10H8ClN6O2P/c1-4-5-6-7-8-9-10-11-12-13-14-15-16-19-25-48-26-20-27-49-55(47,54-33-22-18-17-21-31(33)41)50-28-34-36-37(53-39(2,3)52-36)40(29-42,51-34)35-24-23-32-38(43)44-30-45-46(32)35;1-2-3-4-5-6-7-8-9-10-11-12-13-14-15-18-21-19-16-17-20;1-14(2)23-11-9(5-21)22-15(6-16,12(11)24-14)10-4-3-8-13(17)18-7-19-20(8)10;11-9-3-1-2-4-10(9)19-20(18,16-7-12-5-14-16)17-8-13-6-15-17/h17-18,21-24,30,34,36-37H,4-16,19-20,25-28H2,1-3H3,(H2,43,44,45);20H,2-19H2,1H3;3-4,7,9,11-12,21H,5H2,1-2H3,(H2,17,18,19);1-8H/t34-,36-,37-,40+,55?;;9-,11-,12-,15+;/m1.1./s1. The largest absolute Gasteiger partial charge is 0.530 e.